The van der Waals surface area contributed by atoms with Crippen molar-refractivity contribution >= 4 is 0 Å². The number of aromatic nitrogens is 1. The predicted octanol–water partition coefficient (Wildman–Crippen LogP) is 2.14. The highest BCUT2D eigenvalue weighted by Gasteiger charge is 2.09. The van der Waals surface area contributed by atoms with Crippen molar-refractivity contribution in [2.75, 3.05) is 7.11 Å². The second kappa shape index (κ2) is 4.77. The van der Waals surface area contributed by atoms with Gasteiger partial charge in [-0.05, 0) is 29.8 Å². The Labute approximate surface area is 94.9 Å². The molecule has 1 atom stereocenters. The molecule has 1 unspecified atom stereocenters. The minimum absolute atomic E-state index is 0.188. The number of pyridine rings is 1. The standard InChI is InChI=1S/C13H14N2O/c1-16-11-7-5-10(6-8-11)13(14)12-4-2-3-9-15-12/h2-9,13H,14H2,1H3. The summed E-state index contributed by atoms with van der Waals surface area (Å²) in [6, 6.07) is 13.3. The summed E-state index contributed by atoms with van der Waals surface area (Å²) in [5.41, 5.74) is 8.00. The lowest BCUT2D eigenvalue weighted by Gasteiger charge is -2.11. The molecule has 1 heterocycles. The number of ether oxygens (including phenoxy) is 1. The van der Waals surface area contributed by atoms with Gasteiger partial charge in [-0.15, -0.1) is 0 Å². The summed E-state index contributed by atoms with van der Waals surface area (Å²) in [7, 11) is 1.65. The van der Waals surface area contributed by atoms with Crippen LogP contribution in [0.4, 0.5) is 0 Å². The van der Waals surface area contributed by atoms with Crippen LogP contribution in [0.5, 0.6) is 5.75 Å². The summed E-state index contributed by atoms with van der Waals surface area (Å²) >= 11 is 0. The third-order valence-corrected chi connectivity index (χ3v) is 2.48. The minimum atomic E-state index is -0.188. The number of methoxy groups -OCH3 is 1. The Morgan fingerprint density at radius 2 is 1.88 bits per heavy atom. The topological polar surface area (TPSA) is 48.1 Å². The number of hydrogen-bond donors (Lipinski definition) is 1. The van der Waals surface area contributed by atoms with E-state index in [1.807, 2.05) is 42.5 Å². The molecule has 16 heavy (non-hydrogen) atoms. The molecule has 0 aliphatic heterocycles. The van der Waals surface area contributed by atoms with Crippen LogP contribution in [0.2, 0.25) is 0 Å². The molecule has 0 fully saturated rings. The molecule has 1 aromatic carbocycles. The van der Waals surface area contributed by atoms with Gasteiger partial charge in [0.1, 0.15) is 5.75 Å². The lowest BCUT2D eigenvalue weighted by Crippen LogP contribution is -2.13. The highest BCUT2D eigenvalue weighted by molar-refractivity contribution is 5.32. The summed E-state index contributed by atoms with van der Waals surface area (Å²) in [5, 5.41) is 0. The lowest BCUT2D eigenvalue weighted by atomic mass is 10.0. The van der Waals surface area contributed by atoms with Crippen molar-refractivity contribution in [2.45, 2.75) is 6.04 Å². The van der Waals surface area contributed by atoms with E-state index in [9.17, 15) is 0 Å². The molecule has 2 N–H and O–H groups in total. The van der Waals surface area contributed by atoms with Crippen molar-refractivity contribution in [3.8, 4) is 5.75 Å². The van der Waals surface area contributed by atoms with Gasteiger partial charge < -0.3 is 10.5 Å². The normalized spacial score (nSPS) is 12.1. The summed E-state index contributed by atoms with van der Waals surface area (Å²) < 4.78 is 5.10. The van der Waals surface area contributed by atoms with Crippen LogP contribution in [-0.2, 0) is 0 Å². The first-order chi connectivity index (χ1) is 7.81. The van der Waals surface area contributed by atoms with Crippen molar-refractivity contribution in [2.24, 2.45) is 5.73 Å². The molecule has 0 amide bonds. The van der Waals surface area contributed by atoms with E-state index in [0.29, 0.717) is 0 Å². The van der Waals surface area contributed by atoms with Gasteiger partial charge in [-0.2, -0.15) is 0 Å². The van der Waals surface area contributed by atoms with Crippen molar-refractivity contribution < 1.29 is 4.74 Å². The van der Waals surface area contributed by atoms with Gasteiger partial charge in [-0.25, -0.2) is 0 Å². The van der Waals surface area contributed by atoms with E-state index in [1.54, 1.807) is 13.3 Å². The Bertz CT molecular complexity index is 439. The van der Waals surface area contributed by atoms with E-state index >= 15 is 0 Å². The predicted molar refractivity (Wildman–Crippen MR) is 63.3 cm³/mol. The fraction of sp³-hybridized carbons (Fsp3) is 0.154. The van der Waals surface area contributed by atoms with E-state index in [1.165, 1.54) is 0 Å². The Hall–Kier alpha value is -1.87. The second-order valence-corrected chi connectivity index (χ2v) is 3.51. The molecule has 2 rings (SSSR count). The Balaban J connectivity index is 2.24. The number of rotatable bonds is 3. The molecule has 0 saturated carbocycles. The molecule has 1 aromatic heterocycles. The van der Waals surface area contributed by atoms with E-state index in [0.717, 1.165) is 17.0 Å². The van der Waals surface area contributed by atoms with Gasteiger partial charge in [0.05, 0.1) is 18.8 Å². The van der Waals surface area contributed by atoms with Crippen molar-refractivity contribution in [1.29, 1.82) is 0 Å². The SMILES string of the molecule is COc1ccc(C(N)c2ccccn2)cc1. The molecule has 3 heteroatoms. The number of benzene rings is 1. The molecule has 0 aliphatic rings. The summed E-state index contributed by atoms with van der Waals surface area (Å²) in [6.07, 6.45) is 1.75. The molecule has 82 valence electrons. The van der Waals surface area contributed by atoms with Crippen LogP contribution < -0.4 is 10.5 Å². The van der Waals surface area contributed by atoms with Gasteiger partial charge >= 0.3 is 0 Å². The highest BCUT2D eigenvalue weighted by Crippen LogP contribution is 2.20. The number of hydrogen-bond acceptors (Lipinski definition) is 3. The van der Waals surface area contributed by atoms with Crippen molar-refractivity contribution in [1.82, 2.24) is 4.98 Å². The Kier molecular flexibility index (Phi) is 3.17. The number of nitrogens with two attached hydrogens (primary N) is 1. The minimum Gasteiger partial charge on any atom is -0.497 e. The second-order valence-electron chi connectivity index (χ2n) is 3.51. The Morgan fingerprint density at radius 3 is 2.44 bits per heavy atom. The van der Waals surface area contributed by atoms with E-state index in [4.69, 9.17) is 10.5 Å². The average molecular weight is 214 g/mol. The average Bonchev–Trinajstić information content (AvgIpc) is 2.39. The molecular formula is C13H14N2O. The highest BCUT2D eigenvalue weighted by atomic mass is 16.5. The fourth-order valence-corrected chi connectivity index (χ4v) is 1.54. The summed E-state index contributed by atoms with van der Waals surface area (Å²) in [5.74, 6) is 0.831. The van der Waals surface area contributed by atoms with Crippen LogP contribution in [0.15, 0.2) is 48.7 Å². The zero-order chi connectivity index (χ0) is 11.4. The molecule has 0 radical (unpaired) electrons. The summed E-state index contributed by atoms with van der Waals surface area (Å²) in [6.45, 7) is 0. The first-order valence-corrected chi connectivity index (χ1v) is 5.11. The smallest absolute Gasteiger partial charge is 0.118 e. The van der Waals surface area contributed by atoms with E-state index in [-0.39, 0.29) is 6.04 Å². The van der Waals surface area contributed by atoms with Crippen molar-refractivity contribution in [3.63, 3.8) is 0 Å². The molecule has 0 spiro atoms. The van der Waals surface area contributed by atoms with Crippen LogP contribution in [0, 0.1) is 0 Å². The van der Waals surface area contributed by atoms with Crippen LogP contribution in [0.3, 0.4) is 0 Å². The van der Waals surface area contributed by atoms with Crippen LogP contribution in [-0.4, -0.2) is 12.1 Å². The molecule has 0 bridgehead atoms. The first-order valence-electron chi connectivity index (χ1n) is 5.11. The van der Waals surface area contributed by atoms with Gasteiger partial charge in [0.15, 0.2) is 0 Å². The van der Waals surface area contributed by atoms with Gasteiger partial charge in [0, 0.05) is 6.20 Å². The lowest BCUT2D eigenvalue weighted by molar-refractivity contribution is 0.414. The van der Waals surface area contributed by atoms with Gasteiger partial charge in [-0.3, -0.25) is 4.98 Å². The zero-order valence-electron chi connectivity index (χ0n) is 9.13. The van der Waals surface area contributed by atoms with Gasteiger partial charge in [-0.1, -0.05) is 18.2 Å². The Morgan fingerprint density at radius 1 is 1.12 bits per heavy atom. The molecule has 0 saturated heterocycles. The first kappa shape index (κ1) is 10.6. The molecular weight excluding hydrogens is 200 g/mol. The molecule has 0 aliphatic carbocycles. The monoisotopic (exact) mass is 214 g/mol. The van der Waals surface area contributed by atoms with Crippen LogP contribution in [0.1, 0.15) is 17.3 Å². The third-order valence-electron chi connectivity index (χ3n) is 2.48. The maximum absolute atomic E-state index is 6.10. The molecule has 2 aromatic rings. The quantitative estimate of drug-likeness (QED) is 0.851. The van der Waals surface area contributed by atoms with Crippen LogP contribution >= 0.6 is 0 Å². The summed E-state index contributed by atoms with van der Waals surface area (Å²) in [4.78, 5) is 4.24. The third kappa shape index (κ3) is 2.20. The fourth-order valence-electron chi connectivity index (χ4n) is 1.54. The van der Waals surface area contributed by atoms with Crippen molar-refractivity contribution in [3.05, 3.63) is 59.9 Å². The molecule has 3 nitrogen and oxygen atoms in total. The van der Waals surface area contributed by atoms with Gasteiger partial charge in [0.25, 0.3) is 0 Å². The van der Waals surface area contributed by atoms with Crippen LogP contribution in [0.25, 0.3) is 0 Å². The maximum atomic E-state index is 6.10. The largest absolute Gasteiger partial charge is 0.497 e. The van der Waals surface area contributed by atoms with E-state index in [2.05, 4.69) is 4.98 Å². The maximum Gasteiger partial charge on any atom is 0.118 e. The van der Waals surface area contributed by atoms with E-state index < -0.39 is 0 Å². The van der Waals surface area contributed by atoms with Gasteiger partial charge in [0.2, 0.25) is 0 Å². The number of nitrogens with zero attached hydrogens (tertiary/aromatic N) is 1. The zero-order valence-corrected chi connectivity index (χ0v) is 9.13.